The normalized spacial score (nSPS) is 10.2. The zero-order valence-electron chi connectivity index (χ0n) is 9.47. The second-order valence-electron chi connectivity index (χ2n) is 3.60. The Morgan fingerprint density at radius 1 is 1.16 bits per heavy atom. The fourth-order valence-corrected chi connectivity index (χ4v) is 1.49. The molecule has 5 nitrogen and oxygen atoms in total. The van der Waals surface area contributed by atoms with Crippen LogP contribution in [0.5, 0.6) is 11.5 Å². The van der Waals surface area contributed by atoms with Crippen LogP contribution in [-0.4, -0.2) is 4.92 Å². The molecule has 2 aromatic rings. The minimum atomic E-state index is -1.20. The summed E-state index contributed by atoms with van der Waals surface area (Å²) in [4.78, 5) is 9.86. The van der Waals surface area contributed by atoms with Crippen molar-refractivity contribution in [2.24, 2.45) is 0 Å². The average molecular weight is 266 g/mol. The number of nitrogens with zero attached hydrogens (tertiary/aromatic N) is 1. The molecule has 0 aliphatic heterocycles. The summed E-state index contributed by atoms with van der Waals surface area (Å²) in [5.41, 5.74) is 3.55. The third-order valence-corrected chi connectivity index (χ3v) is 2.34. The van der Waals surface area contributed by atoms with Gasteiger partial charge in [0.1, 0.15) is 5.75 Å². The largest absolute Gasteiger partial charge is 0.447 e. The second kappa shape index (κ2) is 4.89. The summed E-state index contributed by atoms with van der Waals surface area (Å²) in [7, 11) is 0. The first-order valence-corrected chi connectivity index (χ1v) is 5.15. The Labute approximate surface area is 106 Å². The van der Waals surface area contributed by atoms with Gasteiger partial charge in [0.2, 0.25) is 5.75 Å². The molecule has 0 saturated heterocycles. The maximum Gasteiger partial charge on any atom is 0.340 e. The van der Waals surface area contributed by atoms with Crippen LogP contribution in [0.15, 0.2) is 36.4 Å². The number of nitrogens with two attached hydrogens (primary N) is 1. The van der Waals surface area contributed by atoms with Gasteiger partial charge in [0, 0.05) is 6.07 Å². The maximum atomic E-state index is 13.6. The zero-order valence-corrected chi connectivity index (χ0v) is 9.47. The number of ether oxygens (including phenoxy) is 1. The minimum Gasteiger partial charge on any atom is -0.447 e. The lowest BCUT2D eigenvalue weighted by Gasteiger charge is -2.09. The molecular formula is C12H8F2N2O3. The Morgan fingerprint density at radius 3 is 2.37 bits per heavy atom. The van der Waals surface area contributed by atoms with Crippen LogP contribution in [0.2, 0.25) is 0 Å². The van der Waals surface area contributed by atoms with Crippen LogP contribution in [0.3, 0.4) is 0 Å². The van der Waals surface area contributed by atoms with E-state index >= 15 is 0 Å². The van der Waals surface area contributed by atoms with Gasteiger partial charge in [0.15, 0.2) is 17.3 Å². The summed E-state index contributed by atoms with van der Waals surface area (Å²) in [6, 6.07) is 8.29. The Balaban J connectivity index is 2.56. The molecule has 0 saturated carbocycles. The number of hydrogen-bond acceptors (Lipinski definition) is 4. The molecule has 2 rings (SSSR count). The summed E-state index contributed by atoms with van der Waals surface area (Å²) in [5.74, 6) is -2.93. The lowest BCUT2D eigenvalue weighted by atomic mass is 10.2. The topological polar surface area (TPSA) is 78.4 Å². The molecule has 0 atom stereocenters. The molecule has 0 bridgehead atoms. The maximum absolute atomic E-state index is 13.6. The first kappa shape index (κ1) is 12.7. The van der Waals surface area contributed by atoms with Crippen molar-refractivity contribution in [1.29, 1.82) is 0 Å². The van der Waals surface area contributed by atoms with Crippen molar-refractivity contribution in [1.82, 2.24) is 0 Å². The summed E-state index contributed by atoms with van der Waals surface area (Å²) < 4.78 is 31.9. The first-order valence-electron chi connectivity index (χ1n) is 5.15. The van der Waals surface area contributed by atoms with Crippen molar-refractivity contribution in [3.63, 3.8) is 0 Å². The number of benzene rings is 2. The van der Waals surface area contributed by atoms with Crippen LogP contribution in [0.25, 0.3) is 0 Å². The number of para-hydroxylation sites is 1. The summed E-state index contributed by atoms with van der Waals surface area (Å²) >= 11 is 0. The monoisotopic (exact) mass is 266 g/mol. The van der Waals surface area contributed by atoms with E-state index in [4.69, 9.17) is 10.5 Å². The highest BCUT2D eigenvalue weighted by molar-refractivity contribution is 5.67. The third-order valence-electron chi connectivity index (χ3n) is 2.34. The van der Waals surface area contributed by atoms with Gasteiger partial charge in [0.05, 0.1) is 4.92 Å². The molecule has 0 aromatic heterocycles. The number of anilines is 1. The van der Waals surface area contributed by atoms with Gasteiger partial charge in [-0.15, -0.1) is 0 Å². The van der Waals surface area contributed by atoms with Gasteiger partial charge in [-0.3, -0.25) is 10.1 Å². The van der Waals surface area contributed by atoms with Gasteiger partial charge < -0.3 is 10.5 Å². The quantitative estimate of drug-likeness (QED) is 0.525. The number of nitrogen functional groups attached to an aromatic ring is 1. The Hall–Kier alpha value is -2.70. The molecule has 0 fully saturated rings. The van der Waals surface area contributed by atoms with E-state index in [-0.39, 0.29) is 5.75 Å². The molecule has 7 heteroatoms. The van der Waals surface area contributed by atoms with Crippen LogP contribution in [0.4, 0.5) is 20.2 Å². The summed E-state index contributed by atoms with van der Waals surface area (Å²) in [6.07, 6.45) is 0. The van der Waals surface area contributed by atoms with Gasteiger partial charge in [-0.1, -0.05) is 18.2 Å². The van der Waals surface area contributed by atoms with E-state index in [1.807, 2.05) is 0 Å². The van der Waals surface area contributed by atoms with Crippen LogP contribution in [-0.2, 0) is 0 Å². The standard InChI is InChI=1S/C12H8F2N2O3/c13-8-6-9(14)12(11(10(8)15)16(17)18)19-7-4-2-1-3-5-7/h1-6H,15H2. The van der Waals surface area contributed by atoms with Gasteiger partial charge in [-0.05, 0) is 12.1 Å². The average Bonchev–Trinajstić information content (AvgIpc) is 2.37. The van der Waals surface area contributed by atoms with E-state index in [1.54, 1.807) is 18.2 Å². The molecule has 0 aliphatic rings. The van der Waals surface area contributed by atoms with E-state index in [0.29, 0.717) is 6.07 Å². The van der Waals surface area contributed by atoms with Crippen LogP contribution >= 0.6 is 0 Å². The zero-order chi connectivity index (χ0) is 14.0. The molecule has 0 heterocycles. The lowest BCUT2D eigenvalue weighted by molar-refractivity contribution is -0.385. The molecule has 98 valence electrons. The number of nitro benzene ring substituents is 1. The molecular weight excluding hydrogens is 258 g/mol. The molecule has 0 unspecified atom stereocenters. The highest BCUT2D eigenvalue weighted by atomic mass is 19.1. The number of rotatable bonds is 3. The van der Waals surface area contributed by atoms with Crippen molar-refractivity contribution in [2.75, 3.05) is 5.73 Å². The fraction of sp³-hybridized carbons (Fsp3) is 0. The Kier molecular flexibility index (Phi) is 3.28. The number of hydrogen-bond donors (Lipinski definition) is 1. The van der Waals surface area contributed by atoms with Crippen LogP contribution in [0, 0.1) is 21.7 Å². The first-order chi connectivity index (χ1) is 9.00. The van der Waals surface area contributed by atoms with E-state index in [2.05, 4.69) is 0 Å². The highest BCUT2D eigenvalue weighted by Crippen LogP contribution is 2.39. The van der Waals surface area contributed by atoms with E-state index in [9.17, 15) is 18.9 Å². The van der Waals surface area contributed by atoms with Gasteiger partial charge in [-0.2, -0.15) is 0 Å². The van der Waals surface area contributed by atoms with Gasteiger partial charge in [-0.25, -0.2) is 8.78 Å². The molecule has 0 amide bonds. The van der Waals surface area contributed by atoms with Gasteiger partial charge >= 0.3 is 5.69 Å². The predicted molar refractivity (Wildman–Crippen MR) is 63.9 cm³/mol. The Morgan fingerprint density at radius 2 is 1.79 bits per heavy atom. The fourth-order valence-electron chi connectivity index (χ4n) is 1.49. The number of nitro groups is 1. The predicted octanol–water partition coefficient (Wildman–Crippen LogP) is 3.25. The SMILES string of the molecule is Nc1c(F)cc(F)c(Oc2ccccc2)c1[N+](=O)[O-]. The van der Waals surface area contributed by atoms with E-state index in [1.165, 1.54) is 12.1 Å². The van der Waals surface area contributed by atoms with E-state index in [0.717, 1.165) is 0 Å². The summed E-state index contributed by atoms with van der Waals surface area (Å²) in [5, 5.41) is 10.8. The van der Waals surface area contributed by atoms with Gasteiger partial charge in [0.25, 0.3) is 0 Å². The molecule has 0 aliphatic carbocycles. The Bertz CT molecular complexity index is 633. The summed E-state index contributed by atoms with van der Waals surface area (Å²) in [6.45, 7) is 0. The smallest absolute Gasteiger partial charge is 0.340 e. The van der Waals surface area contributed by atoms with Crippen molar-refractivity contribution >= 4 is 11.4 Å². The number of halogens is 2. The molecule has 0 radical (unpaired) electrons. The molecule has 0 spiro atoms. The van der Waals surface area contributed by atoms with Crippen molar-refractivity contribution in [3.05, 3.63) is 58.1 Å². The molecule has 2 aromatic carbocycles. The molecule has 19 heavy (non-hydrogen) atoms. The van der Waals surface area contributed by atoms with E-state index < -0.39 is 33.7 Å². The highest BCUT2D eigenvalue weighted by Gasteiger charge is 2.28. The van der Waals surface area contributed by atoms with Crippen LogP contribution in [0.1, 0.15) is 0 Å². The second-order valence-corrected chi connectivity index (χ2v) is 3.60. The van der Waals surface area contributed by atoms with Crippen LogP contribution < -0.4 is 10.5 Å². The third kappa shape index (κ3) is 2.44. The van der Waals surface area contributed by atoms with Crippen molar-refractivity contribution in [2.45, 2.75) is 0 Å². The minimum absolute atomic E-state index is 0.176. The van der Waals surface area contributed by atoms with Crippen molar-refractivity contribution < 1.29 is 18.4 Å². The van der Waals surface area contributed by atoms with Crippen molar-refractivity contribution in [3.8, 4) is 11.5 Å². The molecule has 2 N–H and O–H groups in total. The lowest BCUT2D eigenvalue weighted by Crippen LogP contribution is -2.03.